The summed E-state index contributed by atoms with van der Waals surface area (Å²) in [5.41, 5.74) is 8.64. The monoisotopic (exact) mass is 292 g/mol. The number of hydrogen-bond acceptors (Lipinski definition) is 3. The summed E-state index contributed by atoms with van der Waals surface area (Å²) in [7, 11) is 1.70. The second kappa shape index (κ2) is 5.48. The molecule has 2 aromatic carbocycles. The molecule has 22 heavy (non-hydrogen) atoms. The molecule has 0 aromatic heterocycles. The average Bonchev–Trinajstić information content (AvgIpc) is 2.90. The first-order valence-electron chi connectivity index (χ1n) is 7.92. The van der Waals surface area contributed by atoms with Crippen LogP contribution in [0, 0.1) is 5.92 Å². The molecule has 0 radical (unpaired) electrons. The smallest absolute Gasteiger partial charge is 0.118 e. The van der Waals surface area contributed by atoms with Crippen LogP contribution in [0.1, 0.15) is 35.6 Å². The Morgan fingerprint density at radius 1 is 1.09 bits per heavy atom. The van der Waals surface area contributed by atoms with Crippen molar-refractivity contribution in [3.05, 3.63) is 65.2 Å². The fourth-order valence-electron chi connectivity index (χ4n) is 3.65. The van der Waals surface area contributed by atoms with Gasteiger partial charge in [0.15, 0.2) is 0 Å². The Kier molecular flexibility index (Phi) is 3.34. The zero-order chi connectivity index (χ0) is 14.9. The number of ether oxygens (including phenoxy) is 1. The number of hydrazone groups is 1. The minimum atomic E-state index is 0.270. The van der Waals surface area contributed by atoms with E-state index in [1.165, 1.54) is 35.2 Å². The molecule has 1 heterocycles. The number of benzene rings is 2. The van der Waals surface area contributed by atoms with Crippen LogP contribution in [-0.2, 0) is 6.42 Å². The number of nitrogens with one attached hydrogen (secondary N) is 1. The Balaban J connectivity index is 1.67. The van der Waals surface area contributed by atoms with Crippen LogP contribution in [0.5, 0.6) is 5.75 Å². The number of rotatable bonds is 2. The molecule has 1 aliphatic heterocycles. The average molecular weight is 292 g/mol. The fraction of sp³-hybridized carbons (Fsp3) is 0.316. The van der Waals surface area contributed by atoms with Crippen LogP contribution in [0.15, 0.2) is 53.6 Å². The van der Waals surface area contributed by atoms with E-state index in [1.54, 1.807) is 7.11 Å². The summed E-state index contributed by atoms with van der Waals surface area (Å²) in [4.78, 5) is 0. The van der Waals surface area contributed by atoms with Gasteiger partial charge in [-0.05, 0) is 42.5 Å². The highest BCUT2D eigenvalue weighted by Gasteiger charge is 2.35. The summed E-state index contributed by atoms with van der Waals surface area (Å²) in [6, 6.07) is 17.3. The summed E-state index contributed by atoms with van der Waals surface area (Å²) < 4.78 is 5.26. The van der Waals surface area contributed by atoms with Gasteiger partial charge in [0.1, 0.15) is 5.75 Å². The highest BCUT2D eigenvalue weighted by atomic mass is 16.5. The molecule has 1 N–H and O–H groups in total. The van der Waals surface area contributed by atoms with Crippen molar-refractivity contribution in [2.45, 2.75) is 25.3 Å². The predicted octanol–water partition coefficient (Wildman–Crippen LogP) is 3.70. The Morgan fingerprint density at radius 3 is 2.73 bits per heavy atom. The van der Waals surface area contributed by atoms with E-state index in [2.05, 4.69) is 41.8 Å². The van der Waals surface area contributed by atoms with Crippen molar-refractivity contribution in [1.29, 1.82) is 0 Å². The predicted molar refractivity (Wildman–Crippen MR) is 88.3 cm³/mol. The van der Waals surface area contributed by atoms with Crippen LogP contribution in [0.3, 0.4) is 0 Å². The molecular weight excluding hydrogens is 272 g/mol. The van der Waals surface area contributed by atoms with Crippen molar-refractivity contribution in [2.24, 2.45) is 11.0 Å². The minimum Gasteiger partial charge on any atom is -0.497 e. The molecule has 2 unspecified atom stereocenters. The van der Waals surface area contributed by atoms with E-state index in [0.717, 1.165) is 12.2 Å². The molecule has 2 atom stereocenters. The van der Waals surface area contributed by atoms with Gasteiger partial charge < -0.3 is 10.2 Å². The Morgan fingerprint density at radius 2 is 1.91 bits per heavy atom. The first kappa shape index (κ1) is 13.4. The van der Waals surface area contributed by atoms with Crippen molar-refractivity contribution < 1.29 is 4.74 Å². The summed E-state index contributed by atoms with van der Waals surface area (Å²) in [6.07, 6.45) is 3.55. The summed E-state index contributed by atoms with van der Waals surface area (Å²) in [6.45, 7) is 0. The van der Waals surface area contributed by atoms with Gasteiger partial charge in [0, 0.05) is 11.5 Å². The minimum absolute atomic E-state index is 0.270. The maximum absolute atomic E-state index is 5.26. The van der Waals surface area contributed by atoms with Crippen molar-refractivity contribution in [3.63, 3.8) is 0 Å². The molecule has 0 amide bonds. The number of hydrogen-bond donors (Lipinski definition) is 1. The van der Waals surface area contributed by atoms with Gasteiger partial charge in [0.25, 0.3) is 0 Å². The lowest BCUT2D eigenvalue weighted by Gasteiger charge is -2.20. The second-order valence-corrected chi connectivity index (χ2v) is 6.03. The molecule has 1 aliphatic carbocycles. The van der Waals surface area contributed by atoms with Crippen LogP contribution in [0.25, 0.3) is 0 Å². The highest BCUT2D eigenvalue weighted by molar-refractivity contribution is 6.05. The molecule has 0 bridgehead atoms. The van der Waals surface area contributed by atoms with E-state index in [0.29, 0.717) is 5.92 Å². The first-order chi connectivity index (χ1) is 10.9. The molecule has 112 valence electrons. The number of nitrogens with zero attached hydrogens (tertiary/aromatic N) is 1. The van der Waals surface area contributed by atoms with E-state index < -0.39 is 0 Å². The standard InChI is InChI=1S/C19H20N2O/c1-22-15-11-9-14(10-12-15)18-17-8-4-6-13-5-2-3-7-16(13)19(17)21-20-18/h2-3,5,7,9-12,17-18,20H,4,6,8H2,1H3. The van der Waals surface area contributed by atoms with Gasteiger partial charge in [-0.25, -0.2) is 0 Å². The van der Waals surface area contributed by atoms with E-state index in [1.807, 2.05) is 12.1 Å². The highest BCUT2D eigenvalue weighted by Crippen LogP contribution is 2.37. The van der Waals surface area contributed by atoms with Crippen LogP contribution in [0.4, 0.5) is 0 Å². The Labute approximate surface area is 131 Å². The van der Waals surface area contributed by atoms with Gasteiger partial charge in [0.05, 0.1) is 18.9 Å². The Bertz CT molecular complexity index is 706. The third-order valence-corrected chi connectivity index (χ3v) is 4.81. The number of methoxy groups -OCH3 is 1. The second-order valence-electron chi connectivity index (χ2n) is 6.03. The molecule has 3 heteroatoms. The quantitative estimate of drug-likeness (QED) is 0.915. The number of fused-ring (bicyclic) bond motifs is 3. The maximum atomic E-state index is 5.26. The lowest BCUT2D eigenvalue weighted by Crippen LogP contribution is -2.21. The lowest BCUT2D eigenvalue weighted by molar-refractivity contribution is 0.413. The third kappa shape index (κ3) is 2.17. The molecule has 0 spiro atoms. The third-order valence-electron chi connectivity index (χ3n) is 4.81. The van der Waals surface area contributed by atoms with Gasteiger partial charge in [-0.2, -0.15) is 5.10 Å². The van der Waals surface area contributed by atoms with Crippen LogP contribution in [-0.4, -0.2) is 12.8 Å². The van der Waals surface area contributed by atoms with Crippen LogP contribution < -0.4 is 10.2 Å². The molecule has 0 fully saturated rings. The molecule has 0 saturated carbocycles. The van der Waals surface area contributed by atoms with Gasteiger partial charge >= 0.3 is 0 Å². The Hall–Kier alpha value is -2.29. The van der Waals surface area contributed by atoms with Gasteiger partial charge in [0.2, 0.25) is 0 Å². The fourth-order valence-corrected chi connectivity index (χ4v) is 3.65. The van der Waals surface area contributed by atoms with Gasteiger partial charge in [-0.1, -0.05) is 36.4 Å². The molecular formula is C19H20N2O. The molecule has 2 aliphatic rings. The van der Waals surface area contributed by atoms with Crippen LogP contribution in [0.2, 0.25) is 0 Å². The van der Waals surface area contributed by atoms with E-state index in [9.17, 15) is 0 Å². The van der Waals surface area contributed by atoms with Gasteiger partial charge in [-0.15, -0.1) is 0 Å². The first-order valence-corrected chi connectivity index (χ1v) is 7.92. The summed E-state index contributed by atoms with van der Waals surface area (Å²) in [5, 5.41) is 4.69. The summed E-state index contributed by atoms with van der Waals surface area (Å²) in [5.74, 6) is 1.35. The largest absolute Gasteiger partial charge is 0.497 e. The normalized spacial score (nSPS) is 22.9. The van der Waals surface area contributed by atoms with E-state index in [-0.39, 0.29) is 6.04 Å². The summed E-state index contributed by atoms with van der Waals surface area (Å²) >= 11 is 0. The molecule has 2 aromatic rings. The zero-order valence-electron chi connectivity index (χ0n) is 12.8. The lowest BCUT2D eigenvalue weighted by atomic mass is 9.86. The zero-order valence-corrected chi connectivity index (χ0v) is 12.8. The number of aryl methyl sites for hydroxylation is 1. The molecule has 3 nitrogen and oxygen atoms in total. The van der Waals surface area contributed by atoms with Crippen molar-refractivity contribution >= 4 is 5.71 Å². The van der Waals surface area contributed by atoms with Crippen molar-refractivity contribution in [3.8, 4) is 5.75 Å². The van der Waals surface area contributed by atoms with E-state index in [4.69, 9.17) is 9.84 Å². The van der Waals surface area contributed by atoms with Crippen LogP contribution >= 0.6 is 0 Å². The molecule has 4 rings (SSSR count). The van der Waals surface area contributed by atoms with Crippen molar-refractivity contribution in [2.75, 3.05) is 7.11 Å². The SMILES string of the molecule is COc1ccc(C2NN=C3c4ccccc4CCCC32)cc1. The topological polar surface area (TPSA) is 33.6 Å². The maximum Gasteiger partial charge on any atom is 0.118 e. The van der Waals surface area contributed by atoms with Gasteiger partial charge in [-0.3, -0.25) is 0 Å². The van der Waals surface area contributed by atoms with Crippen molar-refractivity contribution in [1.82, 2.24) is 5.43 Å². The van der Waals surface area contributed by atoms with E-state index >= 15 is 0 Å². The molecule has 0 saturated heterocycles.